The number of hydrogen-bond acceptors (Lipinski definition) is 4. The lowest BCUT2D eigenvalue weighted by atomic mass is 10.2. The van der Waals surface area contributed by atoms with Gasteiger partial charge < -0.3 is 14.2 Å². The Morgan fingerprint density at radius 3 is 2.36 bits per heavy atom. The number of rotatable bonds is 7. The highest BCUT2D eigenvalue weighted by Gasteiger charge is 2.15. The van der Waals surface area contributed by atoms with Gasteiger partial charge in [0.15, 0.2) is 11.5 Å². The molecule has 0 aliphatic rings. The van der Waals surface area contributed by atoms with Gasteiger partial charge in [0.05, 0.1) is 13.2 Å². The van der Waals surface area contributed by atoms with E-state index in [2.05, 4.69) is 0 Å². The molecule has 0 bridgehead atoms. The predicted molar refractivity (Wildman–Crippen MR) is 84.9 cm³/mol. The molecule has 2 aromatic carbocycles. The van der Waals surface area contributed by atoms with E-state index < -0.39 is 0 Å². The molecular formula is C18H20O4. The van der Waals surface area contributed by atoms with E-state index >= 15 is 0 Å². The Morgan fingerprint density at radius 2 is 1.77 bits per heavy atom. The quantitative estimate of drug-likeness (QED) is 0.728. The summed E-state index contributed by atoms with van der Waals surface area (Å²) < 4.78 is 16.9. The van der Waals surface area contributed by atoms with Gasteiger partial charge in [-0.2, -0.15) is 0 Å². The van der Waals surface area contributed by atoms with Crippen molar-refractivity contribution in [1.29, 1.82) is 0 Å². The second-order valence-electron chi connectivity index (χ2n) is 5.11. The maximum atomic E-state index is 11.1. The van der Waals surface area contributed by atoms with Crippen molar-refractivity contribution in [2.75, 3.05) is 7.11 Å². The van der Waals surface area contributed by atoms with Crippen LogP contribution in [0.4, 0.5) is 0 Å². The van der Waals surface area contributed by atoms with Crippen LogP contribution in [0.5, 0.6) is 17.2 Å². The summed E-state index contributed by atoms with van der Waals surface area (Å²) in [6.07, 6.45) is 0.736. The Hall–Kier alpha value is -2.49. The Bertz CT molecular complexity index is 620. The predicted octanol–water partition coefficient (Wildman–Crippen LogP) is 3.87. The molecular weight excluding hydrogens is 280 g/mol. The molecule has 0 N–H and O–H groups in total. The van der Waals surface area contributed by atoms with Crippen LogP contribution in [0.15, 0.2) is 42.5 Å². The van der Waals surface area contributed by atoms with Crippen molar-refractivity contribution in [3.05, 3.63) is 53.6 Å². The van der Waals surface area contributed by atoms with E-state index in [1.807, 2.05) is 44.2 Å². The molecule has 2 aromatic rings. The van der Waals surface area contributed by atoms with Gasteiger partial charge in [-0.05, 0) is 31.5 Å². The van der Waals surface area contributed by atoms with Gasteiger partial charge in [-0.3, -0.25) is 4.79 Å². The highest BCUT2D eigenvalue weighted by molar-refractivity contribution is 5.78. The van der Waals surface area contributed by atoms with E-state index in [0.717, 1.165) is 11.8 Å². The van der Waals surface area contributed by atoms with Gasteiger partial charge in [0, 0.05) is 5.56 Å². The third kappa shape index (κ3) is 4.01. The van der Waals surface area contributed by atoms with Crippen LogP contribution >= 0.6 is 0 Å². The molecule has 2 rings (SSSR count). The van der Waals surface area contributed by atoms with Crippen LogP contribution in [0.1, 0.15) is 29.8 Å². The van der Waals surface area contributed by atoms with Crippen LogP contribution in [0.2, 0.25) is 0 Å². The lowest BCUT2D eigenvalue weighted by molar-refractivity contribution is 0.112. The number of methoxy groups -OCH3 is 1. The number of aldehydes is 1. The highest BCUT2D eigenvalue weighted by Crippen LogP contribution is 2.39. The lowest BCUT2D eigenvalue weighted by Crippen LogP contribution is -2.08. The smallest absolute Gasteiger partial charge is 0.203 e. The minimum absolute atomic E-state index is 0.0298. The van der Waals surface area contributed by atoms with Crippen molar-refractivity contribution >= 4 is 6.29 Å². The molecule has 0 unspecified atom stereocenters. The summed E-state index contributed by atoms with van der Waals surface area (Å²) in [5.41, 5.74) is 1.52. The number of carbonyl (C=O) groups is 1. The van der Waals surface area contributed by atoms with E-state index in [-0.39, 0.29) is 6.10 Å². The van der Waals surface area contributed by atoms with Crippen LogP contribution in [-0.2, 0) is 6.61 Å². The summed E-state index contributed by atoms with van der Waals surface area (Å²) in [7, 11) is 1.55. The number of benzene rings is 2. The van der Waals surface area contributed by atoms with Crippen molar-refractivity contribution in [2.24, 2.45) is 0 Å². The molecule has 0 fully saturated rings. The average molecular weight is 300 g/mol. The monoisotopic (exact) mass is 300 g/mol. The summed E-state index contributed by atoms with van der Waals surface area (Å²) >= 11 is 0. The van der Waals surface area contributed by atoms with Gasteiger partial charge in [0.2, 0.25) is 5.75 Å². The van der Waals surface area contributed by atoms with Crippen molar-refractivity contribution in [3.63, 3.8) is 0 Å². The summed E-state index contributed by atoms with van der Waals surface area (Å²) in [6, 6.07) is 13.1. The third-order valence-corrected chi connectivity index (χ3v) is 2.98. The van der Waals surface area contributed by atoms with Gasteiger partial charge in [-0.25, -0.2) is 0 Å². The molecule has 0 spiro atoms. The maximum Gasteiger partial charge on any atom is 0.203 e. The molecule has 0 heterocycles. The van der Waals surface area contributed by atoms with Crippen molar-refractivity contribution in [3.8, 4) is 17.2 Å². The van der Waals surface area contributed by atoms with E-state index in [1.54, 1.807) is 19.2 Å². The molecule has 0 aliphatic carbocycles. The molecule has 0 aliphatic heterocycles. The minimum Gasteiger partial charge on any atom is -0.490 e. The van der Waals surface area contributed by atoms with Crippen LogP contribution in [0, 0.1) is 0 Å². The zero-order valence-corrected chi connectivity index (χ0v) is 13.0. The summed E-state index contributed by atoms with van der Waals surface area (Å²) in [4.78, 5) is 11.1. The molecule has 0 saturated heterocycles. The maximum absolute atomic E-state index is 11.1. The largest absolute Gasteiger partial charge is 0.490 e. The Morgan fingerprint density at radius 1 is 1.09 bits per heavy atom. The fourth-order valence-corrected chi connectivity index (χ4v) is 2.05. The Kier molecular flexibility index (Phi) is 5.42. The van der Waals surface area contributed by atoms with Crippen LogP contribution in [0.25, 0.3) is 0 Å². The standard InChI is InChI=1S/C18H20O4/c1-13(2)22-17-10-15(11-19)9-16(18(17)20-3)21-12-14-7-5-4-6-8-14/h4-11,13H,12H2,1-3H3. The van der Waals surface area contributed by atoms with E-state index in [4.69, 9.17) is 14.2 Å². The molecule has 4 nitrogen and oxygen atoms in total. The number of ether oxygens (including phenoxy) is 3. The molecule has 116 valence electrons. The molecule has 0 aromatic heterocycles. The van der Waals surface area contributed by atoms with Gasteiger partial charge in [0.1, 0.15) is 12.9 Å². The number of carbonyl (C=O) groups excluding carboxylic acids is 1. The van der Waals surface area contributed by atoms with E-state index in [1.165, 1.54) is 0 Å². The summed E-state index contributed by atoms with van der Waals surface area (Å²) in [5, 5.41) is 0. The summed E-state index contributed by atoms with van der Waals surface area (Å²) in [6.45, 7) is 4.22. The molecule has 4 heteroatoms. The van der Waals surface area contributed by atoms with E-state index in [9.17, 15) is 4.79 Å². The normalized spacial score (nSPS) is 10.4. The Labute approximate surface area is 130 Å². The number of hydrogen-bond donors (Lipinski definition) is 0. The van der Waals surface area contributed by atoms with Crippen LogP contribution < -0.4 is 14.2 Å². The first-order valence-corrected chi connectivity index (χ1v) is 7.14. The molecule has 0 amide bonds. The molecule has 0 saturated carbocycles. The van der Waals surface area contributed by atoms with Crippen LogP contribution in [-0.4, -0.2) is 19.5 Å². The highest BCUT2D eigenvalue weighted by atomic mass is 16.5. The summed E-state index contributed by atoms with van der Waals surface area (Å²) in [5.74, 6) is 1.49. The zero-order chi connectivity index (χ0) is 15.9. The SMILES string of the molecule is COc1c(OCc2ccccc2)cc(C=O)cc1OC(C)C. The minimum atomic E-state index is -0.0298. The lowest BCUT2D eigenvalue weighted by Gasteiger charge is -2.17. The van der Waals surface area contributed by atoms with Crippen molar-refractivity contribution in [1.82, 2.24) is 0 Å². The topological polar surface area (TPSA) is 44.8 Å². The zero-order valence-electron chi connectivity index (χ0n) is 13.0. The first-order valence-electron chi connectivity index (χ1n) is 7.14. The van der Waals surface area contributed by atoms with Gasteiger partial charge in [-0.1, -0.05) is 30.3 Å². The van der Waals surface area contributed by atoms with Crippen molar-refractivity contribution in [2.45, 2.75) is 26.6 Å². The van der Waals surface area contributed by atoms with Gasteiger partial charge in [-0.15, -0.1) is 0 Å². The molecule has 22 heavy (non-hydrogen) atoms. The Balaban J connectivity index is 2.29. The third-order valence-electron chi connectivity index (χ3n) is 2.98. The second-order valence-corrected chi connectivity index (χ2v) is 5.11. The van der Waals surface area contributed by atoms with E-state index in [0.29, 0.717) is 29.4 Å². The second kappa shape index (κ2) is 7.50. The fraction of sp³-hybridized carbons (Fsp3) is 0.278. The molecule has 0 atom stereocenters. The first-order chi connectivity index (χ1) is 10.6. The van der Waals surface area contributed by atoms with Crippen molar-refractivity contribution < 1.29 is 19.0 Å². The van der Waals surface area contributed by atoms with Crippen LogP contribution in [0.3, 0.4) is 0 Å². The molecule has 0 radical (unpaired) electrons. The van der Waals surface area contributed by atoms with Gasteiger partial charge in [0.25, 0.3) is 0 Å². The average Bonchev–Trinajstić information content (AvgIpc) is 2.52. The van der Waals surface area contributed by atoms with Gasteiger partial charge >= 0.3 is 0 Å². The first kappa shape index (κ1) is 15.9. The fourth-order valence-electron chi connectivity index (χ4n) is 2.05.